The van der Waals surface area contributed by atoms with E-state index in [1.165, 1.54) is 0 Å². The summed E-state index contributed by atoms with van der Waals surface area (Å²) in [7, 11) is 1.87. The van der Waals surface area contributed by atoms with Gasteiger partial charge in [-0.2, -0.15) is 15.2 Å². The fourth-order valence-electron chi connectivity index (χ4n) is 3.84. The average molecular weight is 454 g/mol. The van der Waals surface area contributed by atoms with E-state index in [1.54, 1.807) is 17.1 Å². The van der Waals surface area contributed by atoms with Crippen molar-refractivity contribution in [2.75, 3.05) is 0 Å². The molecule has 1 aliphatic carbocycles. The van der Waals surface area contributed by atoms with Crippen molar-refractivity contribution in [3.63, 3.8) is 0 Å². The van der Waals surface area contributed by atoms with Gasteiger partial charge in [0.05, 0.1) is 35.5 Å². The highest BCUT2D eigenvalue weighted by Gasteiger charge is 2.44. The van der Waals surface area contributed by atoms with E-state index >= 15 is 0 Å². The Hall–Kier alpha value is -4.34. The molecule has 1 aliphatic rings. The van der Waals surface area contributed by atoms with Crippen LogP contribution in [-0.2, 0) is 19.0 Å². The van der Waals surface area contributed by atoms with Crippen LogP contribution in [0.2, 0.25) is 0 Å². The zero-order valence-corrected chi connectivity index (χ0v) is 18.8. The molecular weight excluding hydrogens is 432 g/mol. The minimum Gasteiger partial charge on any atom is -0.345 e. The van der Waals surface area contributed by atoms with Crippen LogP contribution < -0.4 is 5.32 Å². The molecule has 1 fully saturated rings. The number of nitrogens with zero attached hydrogens (tertiary/aromatic N) is 7. The minimum atomic E-state index is -0.352. The van der Waals surface area contributed by atoms with E-state index in [0.29, 0.717) is 12.4 Å². The second-order valence-corrected chi connectivity index (χ2v) is 8.90. The molecule has 34 heavy (non-hydrogen) atoms. The molecule has 1 N–H and O–H groups in total. The number of nitrogens with one attached hydrogen (secondary N) is 1. The number of carbonyl (C=O) groups excluding carboxylic acids is 1. The summed E-state index contributed by atoms with van der Waals surface area (Å²) >= 11 is 0. The van der Waals surface area contributed by atoms with Crippen LogP contribution in [0, 0.1) is 0 Å². The highest BCUT2D eigenvalue weighted by atomic mass is 16.5. The Labute approximate surface area is 194 Å². The standard InChI is InChI=1S/C24H22N8O2/c1-24(8-9-24)23-29-21(30-34-23)22(33)25-11-15-3-5-16(6-4-15)20-19-7-10-26-32(19)14-18(28-20)17-12-27-31(2)13-17/h3-7,10,12-14H,8-9,11H2,1-2H3,(H,25,33). The van der Waals surface area contributed by atoms with Crippen LogP contribution in [0.1, 0.15) is 41.8 Å². The maximum absolute atomic E-state index is 12.4. The van der Waals surface area contributed by atoms with E-state index in [2.05, 4.69) is 32.6 Å². The third kappa shape index (κ3) is 3.62. The summed E-state index contributed by atoms with van der Waals surface area (Å²) in [5.41, 5.74) is 5.27. The van der Waals surface area contributed by atoms with E-state index in [0.717, 1.165) is 46.4 Å². The predicted molar refractivity (Wildman–Crippen MR) is 123 cm³/mol. The largest absolute Gasteiger partial charge is 0.345 e. The molecule has 4 aromatic heterocycles. The van der Waals surface area contributed by atoms with Crippen molar-refractivity contribution in [2.45, 2.75) is 31.7 Å². The highest BCUT2D eigenvalue weighted by Crippen LogP contribution is 2.46. The van der Waals surface area contributed by atoms with E-state index in [9.17, 15) is 4.79 Å². The van der Waals surface area contributed by atoms with Gasteiger partial charge < -0.3 is 9.84 Å². The Kier molecular flexibility index (Phi) is 4.54. The lowest BCUT2D eigenvalue weighted by molar-refractivity contribution is 0.0937. The van der Waals surface area contributed by atoms with Crippen LogP contribution in [0.3, 0.4) is 0 Å². The van der Waals surface area contributed by atoms with Crippen LogP contribution in [0.4, 0.5) is 0 Å². The normalized spacial score (nSPS) is 14.4. The van der Waals surface area contributed by atoms with Crippen molar-refractivity contribution in [1.29, 1.82) is 0 Å². The maximum Gasteiger partial charge on any atom is 0.292 e. The molecule has 6 rings (SSSR count). The summed E-state index contributed by atoms with van der Waals surface area (Å²) in [5, 5.41) is 15.3. The smallest absolute Gasteiger partial charge is 0.292 e. The number of rotatable bonds is 6. The fourth-order valence-corrected chi connectivity index (χ4v) is 3.84. The monoisotopic (exact) mass is 454 g/mol. The lowest BCUT2D eigenvalue weighted by atomic mass is 10.1. The van der Waals surface area contributed by atoms with Crippen LogP contribution in [-0.4, -0.2) is 40.4 Å². The molecular formula is C24H22N8O2. The van der Waals surface area contributed by atoms with Crippen molar-refractivity contribution in [3.05, 3.63) is 72.4 Å². The predicted octanol–water partition coefficient (Wildman–Crippen LogP) is 3.16. The van der Waals surface area contributed by atoms with Crippen LogP contribution in [0.5, 0.6) is 0 Å². The molecule has 0 spiro atoms. The molecule has 1 aromatic carbocycles. The van der Waals surface area contributed by atoms with Gasteiger partial charge in [-0.25, -0.2) is 9.50 Å². The maximum atomic E-state index is 12.4. The highest BCUT2D eigenvalue weighted by molar-refractivity contribution is 5.90. The molecule has 1 amide bonds. The molecule has 5 aromatic rings. The lowest BCUT2D eigenvalue weighted by Gasteiger charge is -2.08. The molecule has 1 saturated carbocycles. The summed E-state index contributed by atoms with van der Waals surface area (Å²) in [5.74, 6) is 0.253. The van der Waals surface area contributed by atoms with Gasteiger partial charge in [0.25, 0.3) is 11.7 Å². The zero-order chi connectivity index (χ0) is 23.3. The van der Waals surface area contributed by atoms with Gasteiger partial charge in [-0.3, -0.25) is 9.48 Å². The summed E-state index contributed by atoms with van der Waals surface area (Å²) in [6, 6.07) is 9.85. The van der Waals surface area contributed by atoms with Gasteiger partial charge in [-0.15, -0.1) is 0 Å². The van der Waals surface area contributed by atoms with E-state index in [-0.39, 0.29) is 17.1 Å². The SMILES string of the molecule is Cn1cc(-c2cn3nccc3c(-c3ccc(CNC(=O)c4noc(C5(C)CC5)n4)cc3)n2)cn1. The summed E-state index contributed by atoms with van der Waals surface area (Å²) in [4.78, 5) is 21.6. The third-order valence-corrected chi connectivity index (χ3v) is 6.22. The first kappa shape index (κ1) is 20.3. The Morgan fingerprint density at radius 1 is 1.09 bits per heavy atom. The number of carbonyl (C=O) groups is 1. The summed E-state index contributed by atoms with van der Waals surface area (Å²) < 4.78 is 8.82. The minimum absolute atomic E-state index is 0.0648. The Morgan fingerprint density at radius 3 is 2.65 bits per heavy atom. The van der Waals surface area contributed by atoms with Crippen molar-refractivity contribution >= 4 is 11.4 Å². The number of benzene rings is 1. The van der Waals surface area contributed by atoms with Gasteiger partial charge in [0, 0.05) is 36.3 Å². The number of amides is 1. The van der Waals surface area contributed by atoms with Crippen LogP contribution in [0.15, 0.2) is 59.6 Å². The van der Waals surface area contributed by atoms with Gasteiger partial charge in [-0.05, 0) is 24.5 Å². The first-order chi connectivity index (χ1) is 16.5. The second-order valence-electron chi connectivity index (χ2n) is 8.90. The van der Waals surface area contributed by atoms with Gasteiger partial charge in [0.2, 0.25) is 5.89 Å². The summed E-state index contributed by atoms with van der Waals surface area (Å²) in [6.45, 7) is 2.41. The molecule has 0 radical (unpaired) electrons. The van der Waals surface area contributed by atoms with Crippen LogP contribution >= 0.6 is 0 Å². The number of hydrogen-bond donors (Lipinski definition) is 1. The van der Waals surface area contributed by atoms with Crippen molar-refractivity contribution < 1.29 is 9.32 Å². The fraction of sp³-hybridized carbons (Fsp3) is 0.250. The van der Waals surface area contributed by atoms with E-state index in [1.807, 2.05) is 54.3 Å². The molecule has 0 bridgehead atoms. The molecule has 10 heteroatoms. The number of hydrogen-bond acceptors (Lipinski definition) is 7. The van der Waals surface area contributed by atoms with E-state index in [4.69, 9.17) is 9.51 Å². The summed E-state index contributed by atoms with van der Waals surface area (Å²) in [6.07, 6.45) is 9.37. The quantitative estimate of drug-likeness (QED) is 0.419. The van der Waals surface area contributed by atoms with Gasteiger partial charge in [0.1, 0.15) is 0 Å². The first-order valence-electron chi connectivity index (χ1n) is 11.0. The molecule has 0 unspecified atom stereocenters. The zero-order valence-electron chi connectivity index (χ0n) is 18.8. The second kappa shape index (κ2) is 7.62. The topological polar surface area (TPSA) is 116 Å². The van der Waals surface area contributed by atoms with Crippen molar-refractivity contribution in [2.24, 2.45) is 7.05 Å². The first-order valence-corrected chi connectivity index (χ1v) is 11.0. The molecule has 170 valence electrons. The number of aryl methyl sites for hydroxylation is 1. The van der Waals surface area contributed by atoms with Gasteiger partial charge in [0.15, 0.2) is 0 Å². The Bertz CT molecular complexity index is 1510. The molecule has 0 aliphatic heterocycles. The average Bonchev–Trinajstić information content (AvgIpc) is 3.30. The lowest BCUT2D eigenvalue weighted by Crippen LogP contribution is -2.24. The molecule has 4 heterocycles. The molecule has 0 saturated heterocycles. The Morgan fingerprint density at radius 2 is 1.91 bits per heavy atom. The van der Waals surface area contributed by atoms with Crippen molar-refractivity contribution in [1.82, 2.24) is 39.8 Å². The van der Waals surface area contributed by atoms with E-state index < -0.39 is 0 Å². The molecule has 10 nitrogen and oxygen atoms in total. The number of fused-ring (bicyclic) bond motifs is 1. The number of aromatic nitrogens is 7. The molecule has 0 atom stereocenters. The van der Waals surface area contributed by atoms with Crippen LogP contribution in [0.25, 0.3) is 28.0 Å². The van der Waals surface area contributed by atoms with Gasteiger partial charge >= 0.3 is 0 Å². The van der Waals surface area contributed by atoms with Crippen molar-refractivity contribution in [3.8, 4) is 22.5 Å². The van der Waals surface area contributed by atoms with Gasteiger partial charge in [-0.1, -0.05) is 36.3 Å². The third-order valence-electron chi connectivity index (χ3n) is 6.22. The Balaban J connectivity index is 1.21.